The highest BCUT2D eigenvalue weighted by Crippen LogP contribution is 2.40. The highest BCUT2D eigenvalue weighted by Gasteiger charge is 2.35. The van der Waals surface area contributed by atoms with Crippen molar-refractivity contribution in [2.24, 2.45) is 4.99 Å². The maximum Gasteiger partial charge on any atom is 0.271 e. The van der Waals surface area contributed by atoms with E-state index in [4.69, 9.17) is 37.7 Å². The Morgan fingerprint density at radius 1 is 1.05 bits per heavy atom. The third-order valence-corrected chi connectivity index (χ3v) is 7.71. The van der Waals surface area contributed by atoms with Gasteiger partial charge in [-0.3, -0.25) is 9.69 Å². The van der Waals surface area contributed by atoms with Crippen LogP contribution in [0.25, 0.3) is 6.08 Å². The van der Waals surface area contributed by atoms with Gasteiger partial charge in [-0.15, -0.1) is 6.58 Å². The third-order valence-electron chi connectivity index (χ3n) is 5.92. The minimum Gasteiger partial charge on any atom is -0.493 e. The molecule has 196 valence electrons. The van der Waals surface area contributed by atoms with Crippen LogP contribution in [0.1, 0.15) is 29.2 Å². The van der Waals surface area contributed by atoms with E-state index in [2.05, 4.69) is 6.58 Å². The van der Waals surface area contributed by atoms with E-state index in [1.54, 1.807) is 24.1 Å². The van der Waals surface area contributed by atoms with Crippen LogP contribution in [0.4, 0.5) is 11.4 Å². The van der Waals surface area contributed by atoms with Gasteiger partial charge in [0.1, 0.15) is 0 Å². The molecular formula is C30H28Cl2N2O3S. The van der Waals surface area contributed by atoms with Crippen molar-refractivity contribution in [1.29, 1.82) is 0 Å². The number of amidine groups is 1. The average Bonchev–Trinajstić information content (AvgIpc) is 3.18. The zero-order valence-electron chi connectivity index (χ0n) is 21.7. The molecule has 0 aromatic heterocycles. The molecule has 5 nitrogen and oxygen atoms in total. The van der Waals surface area contributed by atoms with E-state index in [0.717, 1.165) is 22.3 Å². The number of rotatable bonds is 8. The average molecular weight is 568 g/mol. The van der Waals surface area contributed by atoms with Gasteiger partial charge in [-0.25, -0.2) is 4.99 Å². The van der Waals surface area contributed by atoms with Gasteiger partial charge in [0.05, 0.1) is 30.0 Å². The SMILES string of the molecule is C=CCc1cc(/C=C2/SC(=Nc3ccc(C)c(Cl)c3)N(c3ccc(C)c(Cl)c3)C2=O)cc(OC)c1OCC. The monoisotopic (exact) mass is 566 g/mol. The molecule has 3 aromatic rings. The molecule has 1 aliphatic heterocycles. The zero-order chi connectivity index (χ0) is 27.4. The van der Waals surface area contributed by atoms with Crippen molar-refractivity contribution in [1.82, 2.24) is 0 Å². The predicted octanol–water partition coefficient (Wildman–Crippen LogP) is 8.55. The Hall–Kier alpha value is -3.19. The van der Waals surface area contributed by atoms with E-state index >= 15 is 0 Å². The summed E-state index contributed by atoms with van der Waals surface area (Å²) in [6.45, 7) is 10.1. The molecule has 1 aliphatic rings. The van der Waals surface area contributed by atoms with Crippen LogP contribution in [0.5, 0.6) is 11.5 Å². The van der Waals surface area contributed by atoms with Gasteiger partial charge in [-0.2, -0.15) is 0 Å². The minimum absolute atomic E-state index is 0.204. The highest BCUT2D eigenvalue weighted by atomic mass is 35.5. The highest BCUT2D eigenvalue weighted by molar-refractivity contribution is 8.19. The summed E-state index contributed by atoms with van der Waals surface area (Å²) in [5.41, 5.74) is 4.89. The number of anilines is 1. The summed E-state index contributed by atoms with van der Waals surface area (Å²) >= 11 is 14.1. The van der Waals surface area contributed by atoms with Crippen molar-refractivity contribution in [3.63, 3.8) is 0 Å². The number of ether oxygens (including phenoxy) is 2. The molecule has 0 radical (unpaired) electrons. The molecule has 0 spiro atoms. The fourth-order valence-corrected chi connectivity index (χ4v) is 5.29. The first-order chi connectivity index (χ1) is 18.2. The lowest BCUT2D eigenvalue weighted by Crippen LogP contribution is -2.28. The van der Waals surface area contributed by atoms with Gasteiger partial charge in [0.15, 0.2) is 16.7 Å². The fraction of sp³-hybridized carbons (Fsp3) is 0.200. The Labute approximate surface area is 237 Å². The molecule has 0 N–H and O–H groups in total. The maximum atomic E-state index is 13.8. The Morgan fingerprint density at radius 3 is 2.39 bits per heavy atom. The van der Waals surface area contributed by atoms with Crippen molar-refractivity contribution >= 4 is 63.5 Å². The molecule has 4 rings (SSSR count). The maximum absolute atomic E-state index is 13.8. The molecule has 3 aromatic carbocycles. The number of amides is 1. The lowest BCUT2D eigenvalue weighted by Gasteiger charge is -2.17. The van der Waals surface area contributed by atoms with Crippen LogP contribution < -0.4 is 14.4 Å². The van der Waals surface area contributed by atoms with Gasteiger partial charge >= 0.3 is 0 Å². The van der Waals surface area contributed by atoms with Crippen LogP contribution in [-0.4, -0.2) is 24.8 Å². The number of benzene rings is 3. The zero-order valence-corrected chi connectivity index (χ0v) is 24.0. The first-order valence-corrected chi connectivity index (χ1v) is 13.6. The Morgan fingerprint density at radius 2 is 1.76 bits per heavy atom. The summed E-state index contributed by atoms with van der Waals surface area (Å²) in [6, 6.07) is 14.9. The molecule has 0 unspecified atom stereocenters. The van der Waals surface area contributed by atoms with Crippen LogP contribution in [0.3, 0.4) is 0 Å². The molecular weight excluding hydrogens is 539 g/mol. The molecule has 8 heteroatoms. The lowest BCUT2D eigenvalue weighted by atomic mass is 10.0. The number of thioether (sulfide) groups is 1. The summed E-state index contributed by atoms with van der Waals surface area (Å²) in [6.07, 6.45) is 4.24. The van der Waals surface area contributed by atoms with Gasteiger partial charge in [-0.05, 0) is 98.1 Å². The topological polar surface area (TPSA) is 51.1 Å². The third kappa shape index (κ3) is 5.93. The molecule has 1 amide bonds. The van der Waals surface area contributed by atoms with Gasteiger partial charge in [-0.1, -0.05) is 41.4 Å². The number of carbonyl (C=O) groups is 1. The number of methoxy groups -OCH3 is 1. The molecule has 1 saturated heterocycles. The van der Waals surface area contributed by atoms with E-state index in [-0.39, 0.29) is 5.91 Å². The van der Waals surface area contributed by atoms with E-state index in [1.807, 2.05) is 69.3 Å². The molecule has 1 heterocycles. The van der Waals surface area contributed by atoms with E-state index < -0.39 is 0 Å². The number of allylic oxidation sites excluding steroid dienone is 1. The van der Waals surface area contributed by atoms with Crippen molar-refractivity contribution in [3.8, 4) is 11.5 Å². The lowest BCUT2D eigenvalue weighted by molar-refractivity contribution is -0.113. The summed E-state index contributed by atoms with van der Waals surface area (Å²) in [5, 5.41) is 1.68. The fourth-order valence-electron chi connectivity index (χ4n) is 3.94. The Kier molecular flexibility index (Phi) is 8.87. The molecule has 38 heavy (non-hydrogen) atoms. The van der Waals surface area contributed by atoms with Crippen LogP contribution in [-0.2, 0) is 11.2 Å². The van der Waals surface area contributed by atoms with Gasteiger partial charge in [0.25, 0.3) is 5.91 Å². The number of nitrogens with zero attached hydrogens (tertiary/aromatic N) is 2. The van der Waals surface area contributed by atoms with Gasteiger partial charge in [0.2, 0.25) is 0 Å². The Balaban J connectivity index is 1.82. The smallest absolute Gasteiger partial charge is 0.271 e. The number of aliphatic imine (C=N–C) groups is 1. The molecule has 0 atom stereocenters. The molecule has 0 aliphatic carbocycles. The van der Waals surface area contributed by atoms with Crippen molar-refractivity contribution in [2.45, 2.75) is 27.2 Å². The first kappa shape index (κ1) is 27.8. The number of halogens is 2. The molecule has 0 bridgehead atoms. The number of hydrogen-bond acceptors (Lipinski definition) is 5. The summed E-state index contributed by atoms with van der Waals surface area (Å²) in [7, 11) is 1.60. The molecule has 1 fully saturated rings. The van der Waals surface area contributed by atoms with Crippen LogP contribution in [0.15, 0.2) is 71.1 Å². The summed E-state index contributed by atoms with van der Waals surface area (Å²) < 4.78 is 11.4. The number of aryl methyl sites for hydroxylation is 2. The number of hydrogen-bond donors (Lipinski definition) is 0. The van der Waals surface area contributed by atoms with Crippen LogP contribution >= 0.6 is 35.0 Å². The van der Waals surface area contributed by atoms with Gasteiger partial charge in [0, 0.05) is 15.6 Å². The summed E-state index contributed by atoms with van der Waals surface area (Å²) in [4.78, 5) is 20.7. The second kappa shape index (κ2) is 12.1. The predicted molar refractivity (Wildman–Crippen MR) is 161 cm³/mol. The normalized spacial score (nSPS) is 15.4. The largest absolute Gasteiger partial charge is 0.493 e. The van der Waals surface area contributed by atoms with Crippen LogP contribution in [0, 0.1) is 13.8 Å². The summed E-state index contributed by atoms with van der Waals surface area (Å²) in [5.74, 6) is 1.07. The van der Waals surface area contributed by atoms with E-state index in [9.17, 15) is 4.79 Å². The second-order valence-electron chi connectivity index (χ2n) is 8.65. The quantitative estimate of drug-likeness (QED) is 0.202. The van der Waals surface area contributed by atoms with Gasteiger partial charge < -0.3 is 9.47 Å². The minimum atomic E-state index is -0.204. The van der Waals surface area contributed by atoms with Crippen molar-refractivity contribution in [3.05, 3.63) is 98.4 Å². The van der Waals surface area contributed by atoms with E-state index in [1.165, 1.54) is 11.8 Å². The van der Waals surface area contributed by atoms with E-state index in [0.29, 0.717) is 56.0 Å². The molecule has 0 saturated carbocycles. The van der Waals surface area contributed by atoms with Crippen molar-refractivity contribution < 1.29 is 14.3 Å². The standard InChI is InChI=1S/C30H28Cl2N2O3S/c1-6-8-21-13-20(14-26(36-5)28(21)37-7-2)15-27-29(35)34(23-12-10-19(4)25(32)17-23)30(38-27)33-22-11-9-18(3)24(31)16-22/h6,9-17H,1,7-8H2,2-5H3/b27-15+,33-30?. The second-order valence-corrected chi connectivity index (χ2v) is 10.5. The van der Waals surface area contributed by atoms with Crippen molar-refractivity contribution in [2.75, 3.05) is 18.6 Å². The first-order valence-electron chi connectivity index (χ1n) is 12.0. The van der Waals surface area contributed by atoms with Crippen LogP contribution in [0.2, 0.25) is 10.0 Å². The Bertz CT molecular complexity index is 1470. The number of carbonyl (C=O) groups excluding carboxylic acids is 1.